The molecule has 3 aliphatic heterocycles. The van der Waals surface area contributed by atoms with Crippen molar-refractivity contribution < 1.29 is 0 Å². The smallest absolute Gasteiger partial charge is 0.154 e. The van der Waals surface area contributed by atoms with Crippen LogP contribution in [-0.2, 0) is 0 Å². The Bertz CT molecular complexity index is 401. The normalized spacial score (nSPS) is 37.3. The Hall–Kier alpha value is -0.720. The van der Waals surface area contributed by atoms with E-state index in [1.807, 2.05) is 18.4 Å². The van der Waals surface area contributed by atoms with Crippen LogP contribution in [0.25, 0.3) is 0 Å². The van der Waals surface area contributed by atoms with Crippen molar-refractivity contribution in [2.45, 2.75) is 10.4 Å². The van der Waals surface area contributed by atoms with E-state index in [1.165, 1.54) is 0 Å². The average molecular weight is 285 g/mol. The highest BCUT2D eigenvalue weighted by atomic mass is 79.9. The van der Waals surface area contributed by atoms with Gasteiger partial charge in [0.05, 0.1) is 4.91 Å². The number of halogens is 1. The summed E-state index contributed by atoms with van der Waals surface area (Å²) in [6, 6.07) is 0. The molecule has 0 spiro atoms. The van der Waals surface area contributed by atoms with Crippen LogP contribution in [0.4, 0.5) is 0 Å². The third-order valence-corrected chi connectivity index (χ3v) is 3.98. The molecule has 0 radical (unpaired) electrons. The number of rotatable bonds is 0. The van der Waals surface area contributed by atoms with E-state index in [0.29, 0.717) is 0 Å². The van der Waals surface area contributed by atoms with E-state index >= 15 is 0 Å². The molecule has 0 saturated carbocycles. The molecule has 0 aromatic carbocycles. The zero-order chi connectivity index (χ0) is 10.3. The van der Waals surface area contributed by atoms with Crippen molar-refractivity contribution >= 4 is 33.9 Å². The first kappa shape index (κ1) is 9.50. The highest BCUT2D eigenvalue weighted by molar-refractivity contribution is 9.11. The van der Waals surface area contributed by atoms with Crippen molar-refractivity contribution in [1.29, 1.82) is 0 Å². The quantitative estimate of drug-likeness (QED) is 0.522. The van der Waals surface area contributed by atoms with Crippen LogP contribution in [0, 0.1) is 0 Å². The fraction of sp³-hybridized carbons (Fsp3) is 0.222. The summed E-state index contributed by atoms with van der Waals surface area (Å²) < 4.78 is 0.144. The number of allylic oxidation sites excluding steroid dienone is 3. The van der Waals surface area contributed by atoms with Gasteiger partial charge in [0.2, 0.25) is 0 Å². The van der Waals surface area contributed by atoms with Gasteiger partial charge >= 0.3 is 0 Å². The summed E-state index contributed by atoms with van der Waals surface area (Å²) in [5.41, 5.74) is 6.37. The molecular formula is C9H9BrN4S. The first-order valence-electron chi connectivity index (χ1n) is 4.58. The molecule has 2 unspecified atom stereocenters. The highest BCUT2D eigenvalue weighted by Gasteiger charge is 2.29. The zero-order valence-corrected chi connectivity index (χ0v) is 10.1. The Balaban J connectivity index is 1.92. The number of aliphatic imine (C=N–C) groups is 1. The third kappa shape index (κ3) is 1.62. The van der Waals surface area contributed by atoms with Gasteiger partial charge in [-0.3, -0.25) is 4.99 Å². The van der Waals surface area contributed by atoms with Crippen molar-refractivity contribution in [2.24, 2.45) is 4.99 Å². The minimum atomic E-state index is 0.144. The van der Waals surface area contributed by atoms with Gasteiger partial charge in [0.25, 0.3) is 0 Å². The standard InChI is InChI=1S/C9H9BrN4S/c10-9-11-5-6(15-9)8-13-12-7-3-1-2-4-14(7)8/h1-5,7,9,12-13H. The molecule has 1 saturated heterocycles. The Morgan fingerprint density at radius 1 is 1.47 bits per heavy atom. The van der Waals surface area contributed by atoms with Gasteiger partial charge in [-0.15, -0.1) is 0 Å². The summed E-state index contributed by atoms with van der Waals surface area (Å²) in [4.78, 5) is 7.56. The lowest BCUT2D eigenvalue weighted by Gasteiger charge is -2.21. The van der Waals surface area contributed by atoms with E-state index in [9.17, 15) is 0 Å². The molecule has 2 atom stereocenters. The molecule has 15 heavy (non-hydrogen) atoms. The Kier molecular flexibility index (Phi) is 2.34. The van der Waals surface area contributed by atoms with Crippen molar-refractivity contribution in [3.05, 3.63) is 35.2 Å². The van der Waals surface area contributed by atoms with Crippen molar-refractivity contribution in [2.75, 3.05) is 0 Å². The highest BCUT2D eigenvalue weighted by Crippen LogP contribution is 2.35. The second kappa shape index (κ2) is 3.70. The second-order valence-electron chi connectivity index (χ2n) is 3.25. The van der Waals surface area contributed by atoms with E-state index in [2.05, 4.69) is 48.9 Å². The second-order valence-corrected chi connectivity index (χ2v) is 5.84. The molecule has 3 aliphatic rings. The lowest BCUT2D eigenvalue weighted by molar-refractivity contribution is 0.420. The van der Waals surface area contributed by atoms with Gasteiger partial charge in [-0.1, -0.05) is 33.8 Å². The van der Waals surface area contributed by atoms with E-state index in [-0.39, 0.29) is 10.4 Å². The minimum Gasteiger partial charge on any atom is -0.312 e. The number of hydrogen-bond donors (Lipinski definition) is 2. The summed E-state index contributed by atoms with van der Waals surface area (Å²) >= 11 is 5.14. The van der Waals surface area contributed by atoms with Gasteiger partial charge in [0.15, 0.2) is 4.28 Å². The first-order valence-corrected chi connectivity index (χ1v) is 6.37. The lowest BCUT2D eigenvalue weighted by Crippen LogP contribution is -2.32. The van der Waals surface area contributed by atoms with Crippen LogP contribution < -0.4 is 10.9 Å². The van der Waals surface area contributed by atoms with Crippen molar-refractivity contribution in [1.82, 2.24) is 15.8 Å². The molecular weight excluding hydrogens is 276 g/mol. The number of fused-ring (bicyclic) bond motifs is 1. The van der Waals surface area contributed by atoms with Crippen molar-refractivity contribution in [3.63, 3.8) is 0 Å². The molecule has 6 heteroatoms. The number of alkyl halides is 1. The number of hydrogen-bond acceptors (Lipinski definition) is 5. The predicted molar refractivity (Wildman–Crippen MR) is 66.0 cm³/mol. The Morgan fingerprint density at radius 3 is 3.20 bits per heavy atom. The molecule has 0 aromatic rings. The molecule has 3 heterocycles. The van der Waals surface area contributed by atoms with Crippen LogP contribution in [0.2, 0.25) is 0 Å². The molecule has 2 N–H and O–H groups in total. The fourth-order valence-electron chi connectivity index (χ4n) is 1.63. The van der Waals surface area contributed by atoms with Crippen LogP contribution in [0.1, 0.15) is 0 Å². The summed E-state index contributed by atoms with van der Waals surface area (Å²) in [5, 5.41) is 0. The van der Waals surface area contributed by atoms with Crippen LogP contribution in [0.5, 0.6) is 0 Å². The first-order chi connectivity index (χ1) is 7.34. The Labute approximate surface area is 100 Å². The summed E-state index contributed by atoms with van der Waals surface area (Å²) in [7, 11) is 0. The van der Waals surface area contributed by atoms with E-state index < -0.39 is 0 Å². The van der Waals surface area contributed by atoms with Crippen molar-refractivity contribution in [3.8, 4) is 0 Å². The number of nitrogens with one attached hydrogen (secondary N) is 2. The number of thioether (sulfide) groups is 1. The average Bonchev–Trinajstić information content (AvgIpc) is 2.83. The van der Waals surface area contributed by atoms with Gasteiger partial charge in [-0.25, -0.2) is 5.43 Å². The molecule has 78 valence electrons. The predicted octanol–water partition coefficient (Wildman–Crippen LogP) is 1.47. The molecule has 0 aromatic heterocycles. The maximum atomic E-state index is 4.26. The molecule has 4 nitrogen and oxygen atoms in total. The van der Waals surface area contributed by atoms with Crippen LogP contribution in [0.15, 0.2) is 40.1 Å². The summed E-state index contributed by atoms with van der Waals surface area (Å²) in [5.74, 6) is 1.07. The van der Waals surface area contributed by atoms with Gasteiger partial charge in [0, 0.05) is 12.4 Å². The zero-order valence-electron chi connectivity index (χ0n) is 7.72. The summed E-state index contributed by atoms with van der Waals surface area (Å²) in [6.45, 7) is 0. The monoisotopic (exact) mass is 284 g/mol. The fourth-order valence-corrected chi connectivity index (χ4v) is 3.08. The molecule has 0 bridgehead atoms. The molecule has 1 fully saturated rings. The van der Waals surface area contributed by atoms with Crippen LogP contribution in [0.3, 0.4) is 0 Å². The topological polar surface area (TPSA) is 39.7 Å². The number of nitrogens with zero attached hydrogens (tertiary/aromatic N) is 2. The van der Waals surface area contributed by atoms with Crippen LogP contribution in [-0.4, -0.2) is 21.6 Å². The van der Waals surface area contributed by atoms with Gasteiger partial charge in [-0.2, -0.15) is 0 Å². The van der Waals surface area contributed by atoms with E-state index in [4.69, 9.17) is 0 Å². The van der Waals surface area contributed by atoms with Gasteiger partial charge < -0.3 is 10.3 Å². The maximum Gasteiger partial charge on any atom is 0.154 e. The SMILES string of the molecule is BrC1N=CC(=C2NNC3C=CC=CN23)S1. The third-order valence-electron chi connectivity index (χ3n) is 2.31. The lowest BCUT2D eigenvalue weighted by atomic mass is 10.3. The van der Waals surface area contributed by atoms with Gasteiger partial charge in [-0.05, 0) is 12.2 Å². The van der Waals surface area contributed by atoms with E-state index in [0.717, 1.165) is 10.7 Å². The maximum absolute atomic E-state index is 4.26. The largest absolute Gasteiger partial charge is 0.312 e. The number of hydrazine groups is 1. The van der Waals surface area contributed by atoms with Gasteiger partial charge in [0.1, 0.15) is 12.0 Å². The molecule has 3 rings (SSSR count). The minimum absolute atomic E-state index is 0.144. The van der Waals surface area contributed by atoms with Crippen LogP contribution >= 0.6 is 27.7 Å². The molecule has 0 amide bonds. The van der Waals surface area contributed by atoms with E-state index in [1.54, 1.807) is 11.8 Å². The Morgan fingerprint density at radius 2 is 2.40 bits per heavy atom. The molecule has 0 aliphatic carbocycles. The summed E-state index contributed by atoms with van der Waals surface area (Å²) in [6.07, 6.45) is 10.3.